The fourth-order valence-electron chi connectivity index (χ4n) is 5.54. The number of nitrogen functional groups attached to an aromatic ring is 1. The molecular formula is C33H40N6O7S. The minimum atomic E-state index is -3.35. The van der Waals surface area contributed by atoms with Crippen molar-refractivity contribution in [3.05, 3.63) is 71.7 Å². The maximum atomic E-state index is 12.8. The van der Waals surface area contributed by atoms with Gasteiger partial charge >= 0.3 is 5.97 Å². The number of aromatic carboxylic acids is 1. The number of methoxy groups -OCH3 is 1. The van der Waals surface area contributed by atoms with Gasteiger partial charge in [0.1, 0.15) is 17.1 Å². The molecule has 47 heavy (non-hydrogen) atoms. The highest BCUT2D eigenvalue weighted by molar-refractivity contribution is 7.92. The van der Waals surface area contributed by atoms with Crippen molar-refractivity contribution in [1.29, 1.82) is 0 Å². The summed E-state index contributed by atoms with van der Waals surface area (Å²) in [6.07, 6.45) is 4.84. The minimum absolute atomic E-state index is 0.117. The van der Waals surface area contributed by atoms with Crippen LogP contribution in [0.1, 0.15) is 46.3 Å². The van der Waals surface area contributed by atoms with Crippen LogP contribution in [-0.2, 0) is 22.5 Å². The lowest BCUT2D eigenvalue weighted by Crippen LogP contribution is -2.47. The molecule has 13 nitrogen and oxygen atoms in total. The number of carboxylic acids is 1. The summed E-state index contributed by atoms with van der Waals surface area (Å²) in [6.45, 7) is 5.15. The van der Waals surface area contributed by atoms with Crippen molar-refractivity contribution < 1.29 is 32.6 Å². The number of anilines is 2. The molecule has 14 heteroatoms. The Kier molecular flexibility index (Phi) is 9.36. The number of nitrogens with zero attached hydrogens (tertiary/aromatic N) is 4. The van der Waals surface area contributed by atoms with Crippen molar-refractivity contribution in [3.63, 3.8) is 0 Å². The molecule has 4 N–H and O–H groups in total. The second-order valence-corrected chi connectivity index (χ2v) is 14.0. The van der Waals surface area contributed by atoms with Gasteiger partial charge in [-0.2, -0.15) is 0 Å². The molecule has 2 aliphatic rings. The number of benzene rings is 2. The normalized spacial score (nSPS) is 15.8. The number of pyridine rings is 1. The summed E-state index contributed by atoms with van der Waals surface area (Å²) in [5.74, 6) is 0.241. The molecule has 1 aliphatic carbocycles. The van der Waals surface area contributed by atoms with E-state index in [0.717, 1.165) is 43.1 Å². The molecule has 0 spiro atoms. The van der Waals surface area contributed by atoms with Crippen LogP contribution in [0.3, 0.4) is 0 Å². The summed E-state index contributed by atoms with van der Waals surface area (Å²) in [5, 5.41) is 10.1. The number of carbonyl (C=O) groups is 2. The Labute approximate surface area is 273 Å². The van der Waals surface area contributed by atoms with E-state index < -0.39 is 16.0 Å². The van der Waals surface area contributed by atoms with Gasteiger partial charge in [0.25, 0.3) is 5.91 Å². The molecule has 1 amide bonds. The maximum Gasteiger partial charge on any atom is 0.352 e. The van der Waals surface area contributed by atoms with Crippen molar-refractivity contribution >= 4 is 44.2 Å². The van der Waals surface area contributed by atoms with E-state index in [2.05, 4.69) is 21.5 Å². The lowest BCUT2D eigenvalue weighted by molar-refractivity contribution is 0.0655. The molecule has 0 radical (unpaired) electrons. The Balaban J connectivity index is 0.000000207. The molecule has 1 aliphatic heterocycles. The van der Waals surface area contributed by atoms with Crippen molar-refractivity contribution in [2.75, 3.05) is 57.0 Å². The average Bonchev–Trinajstić information content (AvgIpc) is 3.67. The second-order valence-electron chi connectivity index (χ2n) is 12.2. The summed E-state index contributed by atoms with van der Waals surface area (Å²) >= 11 is 0. The summed E-state index contributed by atoms with van der Waals surface area (Å²) in [5.41, 5.74) is 9.13. The molecular weight excluding hydrogens is 624 g/mol. The lowest BCUT2D eigenvalue weighted by Gasteiger charge is -2.32. The zero-order valence-corrected chi connectivity index (χ0v) is 27.9. The smallest absolute Gasteiger partial charge is 0.352 e. The van der Waals surface area contributed by atoms with Crippen LogP contribution >= 0.6 is 0 Å². The predicted molar refractivity (Wildman–Crippen MR) is 180 cm³/mol. The van der Waals surface area contributed by atoms with E-state index in [-0.39, 0.29) is 17.0 Å². The first-order valence-corrected chi connectivity index (χ1v) is 17.0. The fourth-order valence-corrected chi connectivity index (χ4v) is 6.09. The first kappa shape index (κ1) is 33.5. The zero-order valence-electron chi connectivity index (χ0n) is 27.1. The number of para-hydroxylation sites is 1. The summed E-state index contributed by atoms with van der Waals surface area (Å²) in [7, 11) is 1.84. The molecule has 2 fully saturated rings. The predicted octanol–water partition coefficient (Wildman–Crippen LogP) is 4.15. The monoisotopic (exact) mass is 664 g/mol. The van der Waals surface area contributed by atoms with E-state index in [1.807, 2.05) is 25.2 Å². The number of piperazine rings is 1. The Morgan fingerprint density at radius 1 is 1.04 bits per heavy atom. The molecule has 4 aromatic rings. The molecule has 0 unspecified atom stereocenters. The Morgan fingerprint density at radius 2 is 1.74 bits per heavy atom. The van der Waals surface area contributed by atoms with Gasteiger partial charge in [-0.25, -0.2) is 13.2 Å². The van der Waals surface area contributed by atoms with E-state index in [1.165, 1.54) is 7.11 Å². The lowest BCUT2D eigenvalue weighted by atomic mass is 9.97. The number of likely N-dealkylation sites (N-methyl/N-ethyl adjacent to an activating group) is 1. The van der Waals surface area contributed by atoms with Crippen LogP contribution in [0.15, 0.2) is 54.7 Å². The second kappa shape index (κ2) is 13.1. The number of carboxylic acid groups (broad SMARTS) is 1. The van der Waals surface area contributed by atoms with Gasteiger partial charge in [-0.15, -0.1) is 0 Å². The van der Waals surface area contributed by atoms with E-state index in [9.17, 15) is 23.1 Å². The molecule has 0 bridgehead atoms. The van der Waals surface area contributed by atoms with Gasteiger partial charge in [0.15, 0.2) is 11.5 Å². The number of fused-ring (bicyclic) bond motifs is 1. The number of aromatic nitrogens is 2. The van der Waals surface area contributed by atoms with Gasteiger partial charge in [0.2, 0.25) is 10.0 Å². The molecule has 3 heterocycles. The van der Waals surface area contributed by atoms with Crippen molar-refractivity contribution in [2.45, 2.75) is 25.2 Å². The Hall–Kier alpha value is -4.82. The van der Waals surface area contributed by atoms with Crippen LogP contribution in [-0.4, -0.2) is 91.3 Å². The van der Waals surface area contributed by atoms with Crippen molar-refractivity contribution in [1.82, 2.24) is 19.4 Å². The summed E-state index contributed by atoms with van der Waals surface area (Å²) in [4.78, 5) is 32.4. The van der Waals surface area contributed by atoms with Gasteiger partial charge in [-0.1, -0.05) is 19.1 Å². The Bertz CT molecular complexity index is 1930. The minimum Gasteiger partial charge on any atom is -0.492 e. The van der Waals surface area contributed by atoms with Gasteiger partial charge in [0.05, 0.1) is 30.3 Å². The van der Waals surface area contributed by atoms with E-state index in [0.29, 0.717) is 52.9 Å². The number of hydrogen-bond acceptors (Lipinski definition) is 9. The number of amides is 1. The van der Waals surface area contributed by atoms with Crippen molar-refractivity contribution in [3.8, 4) is 17.2 Å². The van der Waals surface area contributed by atoms with E-state index in [1.54, 1.807) is 53.0 Å². The Morgan fingerprint density at radius 3 is 2.36 bits per heavy atom. The number of carbonyl (C=O) groups excluding carboxylic acids is 1. The van der Waals surface area contributed by atoms with Crippen LogP contribution in [0.2, 0.25) is 0 Å². The number of ether oxygens (including phenoxy) is 2. The zero-order chi connectivity index (χ0) is 34.1. The third-order valence-electron chi connectivity index (χ3n) is 8.52. The number of rotatable bonds is 8. The highest BCUT2D eigenvalue weighted by atomic mass is 32.2. The largest absolute Gasteiger partial charge is 0.492 e. The van der Waals surface area contributed by atoms with Crippen LogP contribution in [0, 0.1) is 0 Å². The van der Waals surface area contributed by atoms with Gasteiger partial charge in [-0.05, 0) is 61.2 Å². The van der Waals surface area contributed by atoms with Gasteiger partial charge in [0, 0.05) is 50.9 Å². The molecule has 2 aromatic carbocycles. The molecule has 1 saturated carbocycles. The topological polar surface area (TPSA) is 169 Å². The molecule has 6 rings (SSSR count). The van der Waals surface area contributed by atoms with E-state index >= 15 is 0 Å². The highest BCUT2D eigenvalue weighted by Crippen LogP contribution is 2.50. The SMILES string of the molecule is CN1CCN(C(=O)c2cc(Oc3cccc4cc(C(=O)O)n(C)c34)ccn2)CC1.COc1c(N)cc(C2(C)CC2)cc1NS(C)(=O)=O. The van der Waals surface area contributed by atoms with Gasteiger partial charge < -0.3 is 34.7 Å². The number of nitrogens with one attached hydrogen (secondary N) is 1. The average molecular weight is 665 g/mol. The van der Waals surface area contributed by atoms with Gasteiger partial charge in [-0.3, -0.25) is 14.5 Å². The standard InChI is InChI=1S/C21H22N4O4.C12H18N2O3S/c1-23-8-10-25(11-9-23)20(26)16-13-15(6-7-22-16)29-18-5-3-4-14-12-17(21(27)28)24(2)19(14)18;1-12(4-5-12)8-6-9(13)11(17-2)10(7-8)14-18(3,15)16/h3-7,12-13H,8-11H2,1-2H3,(H,27,28);6-7,14H,4-5,13H2,1-3H3. The van der Waals surface area contributed by atoms with Crippen LogP contribution in [0.4, 0.5) is 11.4 Å². The number of aryl methyl sites for hydroxylation is 1. The first-order valence-electron chi connectivity index (χ1n) is 15.1. The highest BCUT2D eigenvalue weighted by Gasteiger charge is 2.40. The first-order chi connectivity index (χ1) is 22.2. The van der Waals surface area contributed by atoms with Crippen molar-refractivity contribution in [2.24, 2.45) is 7.05 Å². The third kappa shape index (κ3) is 7.60. The number of hydrogen-bond donors (Lipinski definition) is 3. The quantitative estimate of drug-likeness (QED) is 0.233. The molecule has 0 atom stereocenters. The number of nitrogens with two attached hydrogens (primary N) is 1. The molecule has 2 aromatic heterocycles. The molecule has 1 saturated heterocycles. The third-order valence-corrected chi connectivity index (χ3v) is 9.11. The van der Waals surface area contributed by atoms with Crippen LogP contribution in [0.5, 0.6) is 17.2 Å². The summed E-state index contributed by atoms with van der Waals surface area (Å²) < 4.78 is 37.9. The number of sulfonamides is 1. The fraction of sp³-hybridized carbons (Fsp3) is 0.364. The van der Waals surface area contributed by atoms with Crippen LogP contribution in [0.25, 0.3) is 10.9 Å². The summed E-state index contributed by atoms with van der Waals surface area (Å²) in [6, 6.07) is 14.0. The molecule has 250 valence electrons. The van der Waals surface area contributed by atoms with E-state index in [4.69, 9.17) is 15.2 Å². The van der Waals surface area contributed by atoms with Crippen LogP contribution < -0.4 is 19.9 Å². The maximum absolute atomic E-state index is 12.8.